The fraction of sp³-hybridized carbons (Fsp3) is 0.500. The number of hydrogen-bond donors (Lipinski definition) is 1. The van der Waals surface area contributed by atoms with Crippen molar-refractivity contribution in [1.82, 2.24) is 9.55 Å². The molecule has 1 amide bonds. The van der Waals surface area contributed by atoms with Gasteiger partial charge in [-0.3, -0.25) is 4.79 Å². The Hall–Kier alpha value is -1.54. The molecule has 0 spiro atoms. The molecule has 0 saturated heterocycles. The molecule has 1 N–H and O–H groups in total. The number of aryl methyl sites for hydroxylation is 1. The molecule has 1 fully saturated rings. The first-order valence-electron chi connectivity index (χ1n) is 9.43. The molecule has 8 heteroatoms. The first-order valence-corrected chi connectivity index (χ1v) is 11.2. The van der Waals surface area contributed by atoms with Crippen molar-refractivity contribution in [2.24, 2.45) is 0 Å². The highest BCUT2D eigenvalue weighted by Gasteiger charge is 2.25. The van der Waals surface area contributed by atoms with Gasteiger partial charge in [0.2, 0.25) is 5.91 Å². The zero-order valence-corrected chi connectivity index (χ0v) is 17.9. The van der Waals surface area contributed by atoms with Gasteiger partial charge in [-0.2, -0.15) is 8.78 Å². The Morgan fingerprint density at radius 2 is 1.82 bits per heavy atom. The number of carbonyl (C=O) groups is 1. The Balaban J connectivity index is 1.65. The Morgan fingerprint density at radius 1 is 1.18 bits per heavy atom. The number of anilines is 1. The molecule has 1 atom stereocenters. The van der Waals surface area contributed by atoms with Gasteiger partial charge < -0.3 is 9.88 Å². The second-order valence-electron chi connectivity index (χ2n) is 7.03. The number of nitrogens with one attached hydrogen (secondary N) is 1. The SMILES string of the molecule is Cc1nc(SC(C)C(=O)Nc2ccc(SC(F)F)cc2)n(C2CCCC2)c1C. The third-order valence-corrected chi connectivity index (χ3v) is 6.83. The van der Waals surface area contributed by atoms with E-state index in [1.165, 1.54) is 30.3 Å². The lowest BCUT2D eigenvalue weighted by atomic mass is 10.2. The van der Waals surface area contributed by atoms with Crippen LogP contribution in [0.1, 0.15) is 50.0 Å². The van der Waals surface area contributed by atoms with Crippen molar-refractivity contribution in [3.8, 4) is 0 Å². The van der Waals surface area contributed by atoms with Crippen molar-refractivity contribution in [3.05, 3.63) is 35.7 Å². The van der Waals surface area contributed by atoms with Gasteiger partial charge in [-0.15, -0.1) is 0 Å². The van der Waals surface area contributed by atoms with Crippen LogP contribution in [-0.2, 0) is 4.79 Å². The smallest absolute Gasteiger partial charge is 0.288 e. The van der Waals surface area contributed by atoms with Crippen LogP contribution in [0.15, 0.2) is 34.3 Å². The number of benzene rings is 1. The molecule has 152 valence electrons. The second-order valence-corrected chi connectivity index (χ2v) is 9.40. The van der Waals surface area contributed by atoms with Crippen LogP contribution in [-0.4, -0.2) is 26.5 Å². The molecule has 1 unspecified atom stereocenters. The number of halogens is 2. The van der Waals surface area contributed by atoms with Crippen LogP contribution in [0.25, 0.3) is 0 Å². The molecule has 0 bridgehead atoms. The van der Waals surface area contributed by atoms with Gasteiger partial charge in [-0.1, -0.05) is 36.4 Å². The van der Waals surface area contributed by atoms with Crippen LogP contribution in [0.2, 0.25) is 0 Å². The Kier molecular flexibility index (Phi) is 7.04. The predicted octanol–water partition coefficient (Wildman–Crippen LogP) is 6.05. The first-order chi connectivity index (χ1) is 13.3. The van der Waals surface area contributed by atoms with Crippen LogP contribution >= 0.6 is 23.5 Å². The van der Waals surface area contributed by atoms with E-state index in [4.69, 9.17) is 4.98 Å². The van der Waals surface area contributed by atoms with Crippen LogP contribution in [0.3, 0.4) is 0 Å². The molecule has 1 heterocycles. The summed E-state index contributed by atoms with van der Waals surface area (Å²) < 4.78 is 27.1. The predicted molar refractivity (Wildman–Crippen MR) is 111 cm³/mol. The molecule has 1 aromatic heterocycles. The van der Waals surface area contributed by atoms with Crippen molar-refractivity contribution in [1.29, 1.82) is 0 Å². The average molecular weight is 426 g/mol. The topological polar surface area (TPSA) is 46.9 Å². The van der Waals surface area contributed by atoms with E-state index < -0.39 is 5.76 Å². The summed E-state index contributed by atoms with van der Waals surface area (Å²) in [5.41, 5.74) is 2.78. The summed E-state index contributed by atoms with van der Waals surface area (Å²) in [5, 5.41) is 3.43. The summed E-state index contributed by atoms with van der Waals surface area (Å²) in [6.45, 7) is 5.96. The number of alkyl halides is 2. The number of carbonyl (C=O) groups excluding carboxylic acids is 1. The van der Waals surface area contributed by atoms with E-state index in [1.54, 1.807) is 24.3 Å². The average Bonchev–Trinajstić information content (AvgIpc) is 3.25. The minimum Gasteiger partial charge on any atom is -0.325 e. The molecule has 28 heavy (non-hydrogen) atoms. The third kappa shape index (κ3) is 5.08. The summed E-state index contributed by atoms with van der Waals surface area (Å²) in [7, 11) is 0. The van der Waals surface area contributed by atoms with Gasteiger partial charge in [0, 0.05) is 22.3 Å². The molecular weight excluding hydrogens is 400 g/mol. The lowest BCUT2D eigenvalue weighted by molar-refractivity contribution is -0.115. The van der Waals surface area contributed by atoms with Crippen molar-refractivity contribution >= 4 is 35.1 Å². The number of hydrogen-bond acceptors (Lipinski definition) is 4. The molecule has 1 aromatic carbocycles. The second kappa shape index (κ2) is 9.31. The Bertz CT molecular complexity index is 818. The zero-order valence-electron chi connectivity index (χ0n) is 16.2. The molecule has 0 aliphatic heterocycles. The molecule has 1 aliphatic carbocycles. The molecular formula is C20H25F2N3OS2. The molecule has 2 aromatic rings. The van der Waals surface area contributed by atoms with E-state index in [0.29, 0.717) is 28.4 Å². The molecule has 0 radical (unpaired) electrons. The number of aromatic nitrogens is 2. The largest absolute Gasteiger partial charge is 0.325 e. The van der Waals surface area contributed by atoms with Crippen molar-refractivity contribution in [3.63, 3.8) is 0 Å². The number of thioether (sulfide) groups is 2. The Labute approximate surface area is 172 Å². The van der Waals surface area contributed by atoms with Gasteiger partial charge in [0.25, 0.3) is 5.76 Å². The van der Waals surface area contributed by atoms with Crippen LogP contribution in [0, 0.1) is 13.8 Å². The number of amides is 1. The quantitative estimate of drug-likeness (QED) is 0.549. The molecule has 3 rings (SSSR count). The van der Waals surface area contributed by atoms with E-state index >= 15 is 0 Å². The highest BCUT2D eigenvalue weighted by molar-refractivity contribution is 8.00. The third-order valence-electron chi connectivity index (χ3n) is 5.04. The van der Waals surface area contributed by atoms with Gasteiger partial charge in [-0.25, -0.2) is 4.98 Å². The minimum atomic E-state index is -2.45. The summed E-state index contributed by atoms with van der Waals surface area (Å²) in [5.74, 6) is -2.58. The Morgan fingerprint density at radius 3 is 2.43 bits per heavy atom. The molecule has 1 saturated carbocycles. The zero-order chi connectivity index (χ0) is 20.3. The van der Waals surface area contributed by atoms with Crippen LogP contribution < -0.4 is 5.32 Å². The minimum absolute atomic E-state index is 0.129. The number of rotatable bonds is 7. The number of imidazole rings is 1. The van der Waals surface area contributed by atoms with E-state index in [2.05, 4.69) is 16.8 Å². The summed E-state index contributed by atoms with van der Waals surface area (Å²) in [6.07, 6.45) is 4.80. The highest BCUT2D eigenvalue weighted by Crippen LogP contribution is 2.36. The normalized spacial score (nSPS) is 15.9. The van der Waals surface area contributed by atoms with Gasteiger partial charge >= 0.3 is 0 Å². The van der Waals surface area contributed by atoms with Crippen LogP contribution in [0.4, 0.5) is 14.5 Å². The van der Waals surface area contributed by atoms with Gasteiger partial charge in [-0.05, 0) is 57.9 Å². The maximum atomic E-state index is 12.6. The number of nitrogens with zero attached hydrogens (tertiary/aromatic N) is 2. The van der Waals surface area contributed by atoms with Crippen molar-refractivity contribution < 1.29 is 13.6 Å². The van der Waals surface area contributed by atoms with E-state index in [9.17, 15) is 13.6 Å². The lowest BCUT2D eigenvalue weighted by Crippen LogP contribution is -2.23. The molecule has 1 aliphatic rings. The van der Waals surface area contributed by atoms with E-state index in [-0.39, 0.29) is 11.2 Å². The fourth-order valence-corrected chi connectivity index (χ4v) is 5.02. The standard InChI is InChI=1S/C20H25F2N3OS2/c1-12-13(2)25(16-6-4-5-7-16)20(23-12)27-14(3)18(26)24-15-8-10-17(11-9-15)28-19(21)22/h8-11,14,16,19H,4-7H2,1-3H3,(H,24,26). The van der Waals surface area contributed by atoms with Gasteiger partial charge in [0.05, 0.1) is 10.9 Å². The van der Waals surface area contributed by atoms with E-state index in [1.807, 2.05) is 13.8 Å². The van der Waals surface area contributed by atoms with Crippen LogP contribution in [0.5, 0.6) is 0 Å². The van der Waals surface area contributed by atoms with Gasteiger partial charge in [0.1, 0.15) is 0 Å². The first kappa shape index (κ1) is 21.2. The fourth-order valence-electron chi connectivity index (χ4n) is 3.45. The summed E-state index contributed by atoms with van der Waals surface area (Å²) in [4.78, 5) is 17.8. The summed E-state index contributed by atoms with van der Waals surface area (Å²) >= 11 is 1.96. The molecule has 4 nitrogen and oxygen atoms in total. The van der Waals surface area contributed by atoms with Gasteiger partial charge in [0.15, 0.2) is 5.16 Å². The van der Waals surface area contributed by atoms with E-state index in [0.717, 1.165) is 23.7 Å². The maximum absolute atomic E-state index is 12.6. The van der Waals surface area contributed by atoms with Crippen molar-refractivity contribution in [2.75, 3.05) is 5.32 Å². The summed E-state index contributed by atoms with van der Waals surface area (Å²) in [6, 6.07) is 6.94. The highest BCUT2D eigenvalue weighted by atomic mass is 32.2. The lowest BCUT2D eigenvalue weighted by Gasteiger charge is -2.18. The van der Waals surface area contributed by atoms with Crippen molar-refractivity contribution in [2.45, 2.75) is 73.6 Å². The maximum Gasteiger partial charge on any atom is 0.288 e. The monoisotopic (exact) mass is 425 g/mol.